The maximum atomic E-state index is 6.11. The van der Waals surface area contributed by atoms with Crippen molar-refractivity contribution in [3.8, 4) is 5.75 Å². The number of nitrogens with one attached hydrogen (secondary N) is 2. The molecule has 32 heavy (non-hydrogen) atoms. The molecule has 0 bridgehead atoms. The van der Waals surface area contributed by atoms with Crippen molar-refractivity contribution < 1.29 is 4.74 Å². The van der Waals surface area contributed by atoms with Gasteiger partial charge in [-0.3, -0.25) is 0 Å². The summed E-state index contributed by atoms with van der Waals surface area (Å²) in [4.78, 5) is 4.79. The zero-order chi connectivity index (χ0) is 21.6. The van der Waals surface area contributed by atoms with Crippen molar-refractivity contribution in [2.45, 2.75) is 32.4 Å². The second-order valence-corrected chi connectivity index (χ2v) is 8.00. The highest BCUT2D eigenvalue weighted by Gasteiger charge is 2.22. The molecule has 4 rings (SSSR count). The van der Waals surface area contributed by atoms with Crippen LogP contribution in [-0.4, -0.2) is 33.9 Å². The minimum atomic E-state index is 0. The number of aromatic nitrogens is 3. The molecule has 170 valence electrons. The first-order chi connectivity index (χ1) is 15.1. The fraction of sp³-hybridized carbons (Fsp3) is 0.348. The number of aryl methyl sites for hydroxylation is 1. The van der Waals surface area contributed by atoms with Crippen molar-refractivity contribution in [1.82, 2.24) is 25.4 Å². The zero-order valence-electron chi connectivity index (χ0n) is 18.2. The molecule has 1 aliphatic rings. The third kappa shape index (κ3) is 6.13. The van der Waals surface area contributed by atoms with E-state index < -0.39 is 0 Å². The van der Waals surface area contributed by atoms with Crippen LogP contribution in [0.1, 0.15) is 35.2 Å². The van der Waals surface area contributed by atoms with E-state index in [1.807, 2.05) is 54.9 Å². The Labute approximate surface area is 210 Å². The van der Waals surface area contributed by atoms with Gasteiger partial charge in [0, 0.05) is 30.6 Å². The number of nitrogens with zero attached hydrogens (tertiary/aromatic N) is 4. The van der Waals surface area contributed by atoms with Gasteiger partial charge in [-0.25, -0.2) is 4.99 Å². The van der Waals surface area contributed by atoms with E-state index in [1.165, 1.54) is 5.56 Å². The van der Waals surface area contributed by atoms with Gasteiger partial charge in [-0.05, 0) is 37.1 Å². The van der Waals surface area contributed by atoms with E-state index >= 15 is 0 Å². The van der Waals surface area contributed by atoms with E-state index in [0.29, 0.717) is 13.2 Å². The largest absolute Gasteiger partial charge is 0.493 e. The number of para-hydroxylation sites is 1. The van der Waals surface area contributed by atoms with Crippen molar-refractivity contribution in [2.24, 2.45) is 12.0 Å². The molecular weight excluding hydrogens is 539 g/mol. The molecule has 2 N–H and O–H groups in total. The molecule has 2 aromatic carbocycles. The lowest BCUT2D eigenvalue weighted by atomic mass is 10.0. The van der Waals surface area contributed by atoms with Gasteiger partial charge < -0.3 is 19.9 Å². The van der Waals surface area contributed by atoms with Gasteiger partial charge in [-0.2, -0.15) is 0 Å². The SMILES string of the molecule is Cc1nnc(CN=C(NCCc2cccc(Cl)c2)NC2CCOc3ccccc32)n1C.I. The van der Waals surface area contributed by atoms with Gasteiger partial charge in [0.1, 0.15) is 18.1 Å². The number of fused-ring (bicyclic) bond motifs is 1. The third-order valence-corrected chi connectivity index (χ3v) is 5.66. The number of hydrogen-bond acceptors (Lipinski definition) is 4. The molecule has 0 saturated carbocycles. The van der Waals surface area contributed by atoms with Crippen LogP contribution in [0.2, 0.25) is 5.02 Å². The maximum Gasteiger partial charge on any atom is 0.192 e. The second-order valence-electron chi connectivity index (χ2n) is 7.57. The van der Waals surface area contributed by atoms with Gasteiger partial charge in [-0.15, -0.1) is 34.2 Å². The average Bonchev–Trinajstić information content (AvgIpc) is 3.10. The predicted molar refractivity (Wildman–Crippen MR) is 138 cm³/mol. The lowest BCUT2D eigenvalue weighted by Crippen LogP contribution is -2.42. The van der Waals surface area contributed by atoms with E-state index in [1.54, 1.807) is 0 Å². The summed E-state index contributed by atoms with van der Waals surface area (Å²) in [5, 5.41) is 16.1. The monoisotopic (exact) mass is 566 g/mol. The molecule has 9 heteroatoms. The van der Waals surface area contributed by atoms with Gasteiger partial charge in [0.25, 0.3) is 0 Å². The highest BCUT2D eigenvalue weighted by Crippen LogP contribution is 2.31. The molecule has 7 nitrogen and oxygen atoms in total. The number of guanidine groups is 1. The molecule has 0 radical (unpaired) electrons. The molecule has 0 spiro atoms. The first-order valence-corrected chi connectivity index (χ1v) is 10.8. The van der Waals surface area contributed by atoms with Crippen LogP contribution in [0, 0.1) is 6.92 Å². The molecule has 1 aliphatic heterocycles. The highest BCUT2D eigenvalue weighted by molar-refractivity contribution is 14.0. The summed E-state index contributed by atoms with van der Waals surface area (Å²) in [5.41, 5.74) is 2.33. The lowest BCUT2D eigenvalue weighted by molar-refractivity contribution is 0.261. The number of benzene rings is 2. The standard InChI is InChI=1S/C23H27ClN6O.HI/c1-16-28-29-22(30(16)2)15-26-23(25-12-10-17-6-5-7-18(24)14-17)27-20-11-13-31-21-9-4-3-8-19(20)21;/h3-9,14,20H,10-13,15H2,1-2H3,(H2,25,26,27);1H. The topological polar surface area (TPSA) is 76.4 Å². The molecule has 1 aromatic heterocycles. The van der Waals surface area contributed by atoms with Crippen LogP contribution in [0.3, 0.4) is 0 Å². The summed E-state index contributed by atoms with van der Waals surface area (Å²) < 4.78 is 7.75. The molecule has 3 aromatic rings. The fourth-order valence-electron chi connectivity index (χ4n) is 3.57. The molecule has 0 amide bonds. The van der Waals surface area contributed by atoms with Gasteiger partial charge in [0.05, 0.1) is 12.6 Å². The Hall–Kier alpha value is -2.33. The van der Waals surface area contributed by atoms with Crippen LogP contribution in [0.25, 0.3) is 0 Å². The van der Waals surface area contributed by atoms with E-state index in [9.17, 15) is 0 Å². The maximum absolute atomic E-state index is 6.11. The van der Waals surface area contributed by atoms with Crippen molar-refractivity contribution in [3.05, 3.63) is 76.3 Å². The molecule has 0 fully saturated rings. The number of aliphatic imine (C=N–C) groups is 1. The Bertz CT molecular complexity index is 1070. The summed E-state index contributed by atoms with van der Waals surface area (Å²) in [6.07, 6.45) is 1.71. The average molecular weight is 567 g/mol. The Morgan fingerprint density at radius 3 is 2.84 bits per heavy atom. The van der Waals surface area contributed by atoms with Crippen molar-refractivity contribution >= 4 is 41.5 Å². The van der Waals surface area contributed by atoms with Gasteiger partial charge in [0.15, 0.2) is 11.8 Å². The van der Waals surface area contributed by atoms with Gasteiger partial charge >= 0.3 is 0 Å². The van der Waals surface area contributed by atoms with E-state index in [-0.39, 0.29) is 30.0 Å². The minimum Gasteiger partial charge on any atom is -0.493 e. The molecular formula is C23H28ClIN6O. The molecule has 2 heterocycles. The van der Waals surface area contributed by atoms with E-state index in [0.717, 1.165) is 53.3 Å². The van der Waals surface area contributed by atoms with Crippen LogP contribution < -0.4 is 15.4 Å². The van der Waals surface area contributed by atoms with Crippen LogP contribution in [0.4, 0.5) is 0 Å². The second kappa shape index (κ2) is 11.5. The molecule has 1 unspecified atom stereocenters. The van der Waals surface area contributed by atoms with Gasteiger partial charge in [0.2, 0.25) is 0 Å². The predicted octanol–water partition coefficient (Wildman–Crippen LogP) is 4.20. The lowest BCUT2D eigenvalue weighted by Gasteiger charge is -2.28. The first-order valence-electron chi connectivity index (χ1n) is 10.5. The Morgan fingerprint density at radius 1 is 1.22 bits per heavy atom. The summed E-state index contributed by atoms with van der Waals surface area (Å²) in [7, 11) is 1.95. The minimum absolute atomic E-state index is 0. The fourth-order valence-corrected chi connectivity index (χ4v) is 3.78. The highest BCUT2D eigenvalue weighted by atomic mass is 127. The van der Waals surface area contributed by atoms with Crippen molar-refractivity contribution in [2.75, 3.05) is 13.2 Å². The smallest absolute Gasteiger partial charge is 0.192 e. The summed E-state index contributed by atoms with van der Waals surface area (Å²) in [5.74, 6) is 3.35. The summed E-state index contributed by atoms with van der Waals surface area (Å²) in [6.45, 7) is 3.78. The van der Waals surface area contributed by atoms with Crippen molar-refractivity contribution in [1.29, 1.82) is 0 Å². The number of ether oxygens (including phenoxy) is 1. The zero-order valence-corrected chi connectivity index (χ0v) is 21.3. The normalized spacial score (nSPS) is 15.3. The van der Waals surface area contributed by atoms with Gasteiger partial charge in [-0.1, -0.05) is 41.9 Å². The number of halogens is 2. The van der Waals surface area contributed by atoms with Crippen LogP contribution >= 0.6 is 35.6 Å². The first kappa shape index (κ1) is 24.3. The van der Waals surface area contributed by atoms with Crippen LogP contribution in [-0.2, 0) is 20.0 Å². The molecule has 0 saturated heterocycles. The van der Waals surface area contributed by atoms with Crippen molar-refractivity contribution in [3.63, 3.8) is 0 Å². The van der Waals surface area contributed by atoms with Crippen LogP contribution in [0.15, 0.2) is 53.5 Å². The molecule has 1 atom stereocenters. The Kier molecular flexibility index (Phi) is 8.75. The summed E-state index contributed by atoms with van der Waals surface area (Å²) >= 11 is 6.11. The van der Waals surface area contributed by atoms with E-state index in [4.69, 9.17) is 21.3 Å². The molecule has 0 aliphatic carbocycles. The van der Waals surface area contributed by atoms with E-state index in [2.05, 4.69) is 33.0 Å². The Balaban J connectivity index is 0.00000289. The Morgan fingerprint density at radius 2 is 2.06 bits per heavy atom. The van der Waals surface area contributed by atoms with Crippen LogP contribution in [0.5, 0.6) is 5.75 Å². The number of rotatable bonds is 6. The number of hydrogen-bond donors (Lipinski definition) is 2. The third-order valence-electron chi connectivity index (χ3n) is 5.43. The quantitative estimate of drug-likeness (QED) is 0.266. The summed E-state index contributed by atoms with van der Waals surface area (Å²) in [6, 6.07) is 16.2.